The van der Waals surface area contributed by atoms with E-state index in [1.54, 1.807) is 12.3 Å². The topological polar surface area (TPSA) is 42.2 Å². The molecule has 0 fully saturated rings. The number of hydrogen-bond acceptors (Lipinski definition) is 4. The van der Waals surface area contributed by atoms with Gasteiger partial charge >= 0.3 is 0 Å². The second-order valence-electron chi connectivity index (χ2n) is 5.56. The number of rotatable bonds is 3. The Hall–Kier alpha value is -1.55. The number of aromatic nitrogens is 2. The summed E-state index contributed by atoms with van der Waals surface area (Å²) in [5.74, 6) is 2.41. The summed E-state index contributed by atoms with van der Waals surface area (Å²) in [7, 11) is 1.95. The van der Waals surface area contributed by atoms with E-state index in [1.807, 2.05) is 24.1 Å². The van der Waals surface area contributed by atoms with Crippen molar-refractivity contribution in [3.8, 4) is 0 Å². The quantitative estimate of drug-likeness (QED) is 0.804. The second kappa shape index (κ2) is 5.21. The van der Waals surface area contributed by atoms with Gasteiger partial charge in [-0.25, -0.2) is 9.97 Å². The van der Waals surface area contributed by atoms with Crippen molar-refractivity contribution in [1.29, 1.82) is 0 Å². The first-order valence-electron chi connectivity index (χ1n) is 6.15. The molecule has 0 atom stereocenters. The Morgan fingerprint density at radius 3 is 2.63 bits per heavy atom. The van der Waals surface area contributed by atoms with Gasteiger partial charge in [-0.05, 0) is 12.1 Å². The summed E-state index contributed by atoms with van der Waals surface area (Å²) in [6, 6.07) is 5.57. The van der Waals surface area contributed by atoms with Crippen LogP contribution in [-0.4, -0.2) is 17.0 Å². The molecule has 0 aliphatic carbocycles. The van der Waals surface area contributed by atoms with Gasteiger partial charge in [-0.2, -0.15) is 0 Å². The molecule has 0 saturated carbocycles. The first kappa shape index (κ1) is 13.9. The van der Waals surface area contributed by atoms with Crippen LogP contribution in [0.25, 0.3) is 0 Å². The average Bonchev–Trinajstić information content (AvgIpc) is 2.79. The summed E-state index contributed by atoms with van der Waals surface area (Å²) in [6.07, 6.45) is 1.66. The smallest absolute Gasteiger partial charge is 0.137 e. The maximum Gasteiger partial charge on any atom is 0.137 e. The molecule has 2 rings (SSSR count). The van der Waals surface area contributed by atoms with Crippen molar-refractivity contribution in [1.82, 2.24) is 9.97 Å². The van der Waals surface area contributed by atoms with Crippen LogP contribution in [0, 0.1) is 0 Å². The first-order chi connectivity index (χ1) is 8.86. The lowest BCUT2D eigenvalue weighted by molar-refractivity contribution is 0.505. The van der Waals surface area contributed by atoms with E-state index >= 15 is 0 Å². The maximum atomic E-state index is 6.08. The molecule has 0 saturated heterocycles. The van der Waals surface area contributed by atoms with Crippen molar-refractivity contribution in [2.45, 2.75) is 32.7 Å². The van der Waals surface area contributed by atoms with Gasteiger partial charge < -0.3 is 9.32 Å². The van der Waals surface area contributed by atoms with Crippen molar-refractivity contribution in [3.63, 3.8) is 0 Å². The minimum absolute atomic E-state index is 0.134. The monoisotopic (exact) mass is 279 g/mol. The molecule has 5 heteroatoms. The highest BCUT2D eigenvalue weighted by Crippen LogP contribution is 2.24. The van der Waals surface area contributed by atoms with E-state index in [2.05, 4.69) is 30.7 Å². The zero-order valence-electron chi connectivity index (χ0n) is 11.6. The highest BCUT2D eigenvalue weighted by molar-refractivity contribution is 6.29. The SMILES string of the molecule is CN(Cc1ccco1)c1cc(Cl)nc(C(C)(C)C)n1. The minimum atomic E-state index is -0.134. The number of anilines is 1. The molecule has 0 spiro atoms. The third-order valence-corrected chi connectivity index (χ3v) is 2.91. The molecule has 0 bridgehead atoms. The Morgan fingerprint density at radius 2 is 2.05 bits per heavy atom. The van der Waals surface area contributed by atoms with Crippen LogP contribution in [0.15, 0.2) is 28.9 Å². The zero-order chi connectivity index (χ0) is 14.0. The van der Waals surface area contributed by atoms with Crippen LogP contribution in [0.4, 0.5) is 5.82 Å². The van der Waals surface area contributed by atoms with Gasteiger partial charge in [0.2, 0.25) is 0 Å². The number of halogens is 1. The third-order valence-electron chi connectivity index (χ3n) is 2.72. The molecule has 19 heavy (non-hydrogen) atoms. The van der Waals surface area contributed by atoms with Gasteiger partial charge in [0.05, 0.1) is 12.8 Å². The lowest BCUT2D eigenvalue weighted by Crippen LogP contribution is -2.22. The molecule has 0 aliphatic rings. The van der Waals surface area contributed by atoms with Crippen LogP contribution in [0.5, 0.6) is 0 Å². The summed E-state index contributed by atoms with van der Waals surface area (Å²) in [4.78, 5) is 10.9. The molecule has 102 valence electrons. The average molecular weight is 280 g/mol. The van der Waals surface area contributed by atoms with E-state index in [0.717, 1.165) is 17.4 Å². The molecule has 2 aromatic rings. The maximum absolute atomic E-state index is 6.08. The van der Waals surface area contributed by atoms with E-state index in [0.29, 0.717) is 11.7 Å². The van der Waals surface area contributed by atoms with Crippen LogP contribution in [0.2, 0.25) is 5.15 Å². The summed E-state index contributed by atoms with van der Waals surface area (Å²) in [5.41, 5.74) is -0.134. The van der Waals surface area contributed by atoms with E-state index in [4.69, 9.17) is 16.0 Å². The standard InChI is InChI=1S/C14H18ClN3O/c1-14(2,3)13-16-11(15)8-12(17-13)18(4)9-10-6-5-7-19-10/h5-8H,9H2,1-4H3. The molecular formula is C14H18ClN3O. The fraction of sp³-hybridized carbons (Fsp3) is 0.429. The van der Waals surface area contributed by atoms with Gasteiger partial charge in [0, 0.05) is 18.5 Å². The molecule has 0 aliphatic heterocycles. The number of hydrogen-bond donors (Lipinski definition) is 0. The van der Waals surface area contributed by atoms with Gasteiger partial charge in [-0.3, -0.25) is 0 Å². The van der Waals surface area contributed by atoms with Crippen molar-refractivity contribution < 1.29 is 4.42 Å². The Labute approximate surface area is 118 Å². The fourth-order valence-corrected chi connectivity index (χ4v) is 1.83. The molecule has 0 amide bonds. The molecule has 0 radical (unpaired) electrons. The zero-order valence-corrected chi connectivity index (χ0v) is 12.4. The Bertz CT molecular complexity index is 546. The molecular weight excluding hydrogens is 262 g/mol. The van der Waals surface area contributed by atoms with Crippen LogP contribution < -0.4 is 4.90 Å². The Balaban J connectivity index is 2.26. The van der Waals surface area contributed by atoms with E-state index in [1.165, 1.54) is 0 Å². The van der Waals surface area contributed by atoms with Crippen LogP contribution in [0.3, 0.4) is 0 Å². The van der Waals surface area contributed by atoms with Gasteiger partial charge in [0.25, 0.3) is 0 Å². The summed E-state index contributed by atoms with van der Waals surface area (Å²) in [5, 5.41) is 0.459. The number of furan rings is 1. The second-order valence-corrected chi connectivity index (χ2v) is 5.95. The summed E-state index contributed by atoms with van der Waals surface area (Å²) >= 11 is 6.08. The molecule has 0 N–H and O–H groups in total. The highest BCUT2D eigenvalue weighted by Gasteiger charge is 2.20. The predicted molar refractivity (Wildman–Crippen MR) is 76.6 cm³/mol. The van der Waals surface area contributed by atoms with Gasteiger partial charge in [-0.15, -0.1) is 0 Å². The summed E-state index contributed by atoms with van der Waals surface area (Å²) < 4.78 is 5.34. The van der Waals surface area contributed by atoms with Gasteiger partial charge in [0.15, 0.2) is 0 Å². The molecule has 2 heterocycles. The van der Waals surface area contributed by atoms with Crippen molar-refractivity contribution in [3.05, 3.63) is 41.2 Å². The molecule has 2 aromatic heterocycles. The number of nitrogens with zero attached hydrogens (tertiary/aromatic N) is 3. The fourth-order valence-electron chi connectivity index (χ4n) is 1.65. The molecule has 4 nitrogen and oxygen atoms in total. The van der Waals surface area contributed by atoms with Crippen LogP contribution >= 0.6 is 11.6 Å². The summed E-state index contributed by atoms with van der Waals surface area (Å²) in [6.45, 7) is 6.84. The van der Waals surface area contributed by atoms with Crippen molar-refractivity contribution in [2.24, 2.45) is 0 Å². The third kappa shape index (κ3) is 3.47. The largest absolute Gasteiger partial charge is 0.467 e. The van der Waals surface area contributed by atoms with Crippen molar-refractivity contribution in [2.75, 3.05) is 11.9 Å². The Kier molecular flexibility index (Phi) is 3.80. The highest BCUT2D eigenvalue weighted by atomic mass is 35.5. The van der Waals surface area contributed by atoms with E-state index in [-0.39, 0.29) is 5.41 Å². The van der Waals surface area contributed by atoms with E-state index in [9.17, 15) is 0 Å². The lowest BCUT2D eigenvalue weighted by atomic mass is 9.96. The van der Waals surface area contributed by atoms with E-state index < -0.39 is 0 Å². The van der Waals surface area contributed by atoms with Gasteiger partial charge in [0.1, 0.15) is 22.6 Å². The van der Waals surface area contributed by atoms with Crippen LogP contribution in [-0.2, 0) is 12.0 Å². The molecule has 0 aromatic carbocycles. The molecule has 0 unspecified atom stereocenters. The first-order valence-corrected chi connectivity index (χ1v) is 6.52. The van der Waals surface area contributed by atoms with Crippen molar-refractivity contribution >= 4 is 17.4 Å². The Morgan fingerprint density at radius 1 is 1.32 bits per heavy atom. The predicted octanol–water partition coefficient (Wildman–Crippen LogP) is 3.66. The van der Waals surface area contributed by atoms with Gasteiger partial charge in [-0.1, -0.05) is 32.4 Å². The lowest BCUT2D eigenvalue weighted by Gasteiger charge is -2.21. The minimum Gasteiger partial charge on any atom is -0.467 e. The normalized spacial score (nSPS) is 11.6. The van der Waals surface area contributed by atoms with Crippen LogP contribution in [0.1, 0.15) is 32.4 Å².